The van der Waals surface area contributed by atoms with Crippen LogP contribution in [-0.4, -0.2) is 19.9 Å². The summed E-state index contributed by atoms with van der Waals surface area (Å²) in [7, 11) is 0. The maximum atomic E-state index is 4.49. The van der Waals surface area contributed by atoms with Gasteiger partial charge in [-0.15, -0.1) is 0 Å². The molecule has 1 aliphatic heterocycles. The van der Waals surface area contributed by atoms with Crippen molar-refractivity contribution in [1.82, 2.24) is 25.3 Å². The molecule has 2 aromatic heterocycles. The highest BCUT2D eigenvalue weighted by molar-refractivity contribution is 5.45. The first kappa shape index (κ1) is 8.55. The molecule has 0 atom stereocenters. The molecular formula is C10H11N5. The van der Waals surface area contributed by atoms with Gasteiger partial charge in [-0.1, -0.05) is 0 Å². The fraction of sp³-hybridized carbons (Fsp3) is 0.300. The number of aromatic amines is 1. The Balaban J connectivity index is 2.15. The fourth-order valence-electron chi connectivity index (χ4n) is 1.83. The number of H-pyrrole nitrogens is 1. The van der Waals surface area contributed by atoms with E-state index in [0.29, 0.717) is 5.82 Å². The minimum atomic E-state index is 0.681. The zero-order chi connectivity index (χ0) is 10.3. The van der Waals surface area contributed by atoms with Gasteiger partial charge in [0.1, 0.15) is 0 Å². The number of fused-ring (bicyclic) bond motifs is 1. The third kappa shape index (κ3) is 1.32. The van der Waals surface area contributed by atoms with Crippen LogP contribution in [0.5, 0.6) is 0 Å². The maximum Gasteiger partial charge on any atom is 0.196 e. The van der Waals surface area contributed by atoms with Crippen LogP contribution in [0.3, 0.4) is 0 Å². The summed E-state index contributed by atoms with van der Waals surface area (Å²) in [5.41, 5.74) is 3.36. The molecule has 0 bridgehead atoms. The molecule has 2 N–H and O–H groups in total. The normalized spacial score (nSPS) is 14.2. The van der Waals surface area contributed by atoms with Crippen LogP contribution in [0.1, 0.15) is 17.0 Å². The topological polar surface area (TPSA) is 66.5 Å². The monoisotopic (exact) mass is 201 g/mol. The van der Waals surface area contributed by atoms with Gasteiger partial charge in [0, 0.05) is 36.7 Å². The van der Waals surface area contributed by atoms with Crippen molar-refractivity contribution >= 4 is 0 Å². The Bertz CT molecular complexity index is 489. The number of nitrogens with zero attached hydrogens (tertiary/aromatic N) is 3. The van der Waals surface area contributed by atoms with Crippen molar-refractivity contribution in [3.8, 4) is 11.6 Å². The lowest BCUT2D eigenvalue weighted by atomic mass is 10.2. The Morgan fingerprint density at radius 3 is 3.00 bits per heavy atom. The number of imidazole rings is 1. The summed E-state index contributed by atoms with van der Waals surface area (Å²) in [5, 5.41) is 3.27. The smallest absolute Gasteiger partial charge is 0.196 e. The standard InChI is InChI=1S/C10H11N5/c1-6-7-4-11-5-8(7)15-10(14-6)9-12-2-3-13-9/h2-3,11H,4-5H2,1H3,(H,12,13). The number of rotatable bonds is 1. The molecule has 15 heavy (non-hydrogen) atoms. The van der Waals surface area contributed by atoms with E-state index in [0.717, 1.165) is 30.3 Å². The predicted molar refractivity (Wildman–Crippen MR) is 54.9 cm³/mol. The molecule has 76 valence electrons. The quantitative estimate of drug-likeness (QED) is 0.715. The molecular weight excluding hydrogens is 190 g/mol. The van der Waals surface area contributed by atoms with Crippen molar-refractivity contribution in [2.75, 3.05) is 0 Å². The maximum absolute atomic E-state index is 4.49. The first-order chi connectivity index (χ1) is 7.34. The van der Waals surface area contributed by atoms with Crippen LogP contribution >= 0.6 is 0 Å². The third-order valence-electron chi connectivity index (χ3n) is 2.60. The number of nitrogens with one attached hydrogen (secondary N) is 2. The highest BCUT2D eigenvalue weighted by Crippen LogP contribution is 2.19. The molecule has 0 amide bonds. The lowest BCUT2D eigenvalue weighted by Crippen LogP contribution is -2.00. The average Bonchev–Trinajstić information content (AvgIpc) is 2.88. The molecule has 0 saturated carbocycles. The summed E-state index contributed by atoms with van der Waals surface area (Å²) < 4.78 is 0. The second-order valence-electron chi connectivity index (χ2n) is 3.60. The Morgan fingerprint density at radius 2 is 2.20 bits per heavy atom. The minimum Gasteiger partial charge on any atom is -0.342 e. The molecule has 5 heteroatoms. The first-order valence-electron chi connectivity index (χ1n) is 4.91. The predicted octanol–water partition coefficient (Wildman–Crippen LogP) is 0.778. The van der Waals surface area contributed by atoms with Crippen LogP contribution < -0.4 is 5.32 Å². The lowest BCUT2D eigenvalue weighted by Gasteiger charge is -2.03. The zero-order valence-electron chi connectivity index (χ0n) is 8.41. The van der Waals surface area contributed by atoms with Crippen LogP contribution in [-0.2, 0) is 13.1 Å². The van der Waals surface area contributed by atoms with Gasteiger partial charge < -0.3 is 10.3 Å². The molecule has 5 nitrogen and oxygen atoms in total. The van der Waals surface area contributed by atoms with Crippen molar-refractivity contribution in [3.05, 3.63) is 29.3 Å². The van der Waals surface area contributed by atoms with E-state index in [1.54, 1.807) is 12.4 Å². The van der Waals surface area contributed by atoms with E-state index >= 15 is 0 Å². The Hall–Kier alpha value is -1.75. The van der Waals surface area contributed by atoms with Gasteiger partial charge in [0.25, 0.3) is 0 Å². The van der Waals surface area contributed by atoms with Crippen LogP contribution in [0.2, 0.25) is 0 Å². The van der Waals surface area contributed by atoms with Crippen LogP contribution in [0, 0.1) is 6.92 Å². The fourth-order valence-corrected chi connectivity index (χ4v) is 1.83. The van der Waals surface area contributed by atoms with Gasteiger partial charge in [0.05, 0.1) is 5.69 Å². The Kier molecular flexibility index (Phi) is 1.78. The Labute approximate surface area is 87.0 Å². The van der Waals surface area contributed by atoms with E-state index < -0.39 is 0 Å². The van der Waals surface area contributed by atoms with Crippen LogP contribution in [0.25, 0.3) is 11.6 Å². The van der Waals surface area contributed by atoms with Crippen molar-refractivity contribution in [3.63, 3.8) is 0 Å². The third-order valence-corrected chi connectivity index (χ3v) is 2.60. The summed E-state index contributed by atoms with van der Waals surface area (Å²) in [4.78, 5) is 16.1. The number of aryl methyl sites for hydroxylation is 1. The van der Waals surface area contributed by atoms with Gasteiger partial charge >= 0.3 is 0 Å². The minimum absolute atomic E-state index is 0.681. The van der Waals surface area contributed by atoms with Gasteiger partial charge in [-0.05, 0) is 6.92 Å². The molecule has 0 unspecified atom stereocenters. The van der Waals surface area contributed by atoms with E-state index in [9.17, 15) is 0 Å². The van der Waals surface area contributed by atoms with E-state index in [1.165, 1.54) is 5.56 Å². The van der Waals surface area contributed by atoms with Gasteiger partial charge in [-0.2, -0.15) is 0 Å². The summed E-state index contributed by atoms with van der Waals surface area (Å²) in [5.74, 6) is 1.41. The van der Waals surface area contributed by atoms with E-state index in [2.05, 4.69) is 25.3 Å². The lowest BCUT2D eigenvalue weighted by molar-refractivity contribution is 0.757. The van der Waals surface area contributed by atoms with Crippen LogP contribution in [0.15, 0.2) is 12.4 Å². The van der Waals surface area contributed by atoms with Crippen molar-refractivity contribution in [1.29, 1.82) is 0 Å². The molecule has 2 aromatic rings. The molecule has 0 spiro atoms. The van der Waals surface area contributed by atoms with Gasteiger partial charge in [-0.25, -0.2) is 15.0 Å². The second kappa shape index (κ2) is 3.13. The number of aromatic nitrogens is 4. The second-order valence-corrected chi connectivity index (χ2v) is 3.60. The van der Waals surface area contributed by atoms with Gasteiger partial charge in [-0.3, -0.25) is 0 Å². The van der Waals surface area contributed by atoms with E-state index in [4.69, 9.17) is 0 Å². The van der Waals surface area contributed by atoms with Crippen molar-refractivity contribution in [2.45, 2.75) is 20.0 Å². The van der Waals surface area contributed by atoms with Gasteiger partial charge in [0.15, 0.2) is 11.6 Å². The van der Waals surface area contributed by atoms with Crippen molar-refractivity contribution < 1.29 is 0 Å². The summed E-state index contributed by atoms with van der Waals surface area (Å²) in [6.07, 6.45) is 3.49. The molecule has 0 aromatic carbocycles. The highest BCUT2D eigenvalue weighted by atomic mass is 15.0. The molecule has 0 aliphatic carbocycles. The number of hydrogen-bond donors (Lipinski definition) is 2. The van der Waals surface area contributed by atoms with Gasteiger partial charge in [0.2, 0.25) is 0 Å². The molecule has 0 saturated heterocycles. The summed E-state index contributed by atoms with van der Waals surface area (Å²) >= 11 is 0. The molecule has 3 heterocycles. The first-order valence-corrected chi connectivity index (χ1v) is 4.91. The summed E-state index contributed by atoms with van der Waals surface area (Å²) in [6, 6.07) is 0. The molecule has 0 radical (unpaired) electrons. The molecule has 0 fully saturated rings. The summed E-state index contributed by atoms with van der Waals surface area (Å²) in [6.45, 7) is 3.71. The SMILES string of the molecule is Cc1nc(-c2ncc[nH]2)nc2c1CNC2. The average molecular weight is 201 g/mol. The largest absolute Gasteiger partial charge is 0.342 e. The molecule has 1 aliphatic rings. The van der Waals surface area contributed by atoms with Crippen molar-refractivity contribution in [2.24, 2.45) is 0 Å². The zero-order valence-corrected chi connectivity index (χ0v) is 8.41. The number of hydrogen-bond acceptors (Lipinski definition) is 4. The molecule has 3 rings (SSSR count). The van der Waals surface area contributed by atoms with E-state index in [-0.39, 0.29) is 0 Å². The highest BCUT2D eigenvalue weighted by Gasteiger charge is 2.17. The van der Waals surface area contributed by atoms with Crippen LogP contribution in [0.4, 0.5) is 0 Å². The Morgan fingerprint density at radius 1 is 1.27 bits per heavy atom. The van der Waals surface area contributed by atoms with E-state index in [1.807, 2.05) is 6.92 Å².